The number of hydrogen-bond donors (Lipinski definition) is 1. The number of ether oxygens (including phenoxy) is 4. The van der Waals surface area contributed by atoms with Crippen LogP contribution >= 0.6 is 0 Å². The molecule has 1 N–H and O–H groups in total. The number of sulfone groups is 1. The van der Waals surface area contributed by atoms with Gasteiger partial charge in [0.25, 0.3) is 0 Å². The van der Waals surface area contributed by atoms with E-state index in [1.165, 1.54) is 0 Å². The molecule has 0 bridgehead atoms. The summed E-state index contributed by atoms with van der Waals surface area (Å²) in [5.74, 6) is 0.734. The zero-order valence-electron chi connectivity index (χ0n) is 53.6. The Balaban J connectivity index is 2.11. The lowest BCUT2D eigenvalue weighted by atomic mass is 9.78. The maximum atomic E-state index is 15.1. The van der Waals surface area contributed by atoms with Gasteiger partial charge in [-0.1, -0.05) is 154 Å². The lowest BCUT2D eigenvalue weighted by Gasteiger charge is -2.48. The molecule has 1 aliphatic rings. The van der Waals surface area contributed by atoms with Gasteiger partial charge in [-0.25, -0.2) is 8.42 Å². The maximum Gasteiger partial charge on any atom is 0.200 e. The quantitative estimate of drug-likeness (QED) is 0.0536. The highest BCUT2D eigenvalue weighted by Gasteiger charge is 2.49. The summed E-state index contributed by atoms with van der Waals surface area (Å²) in [6, 6.07) is 18.6. The second-order valence-corrected chi connectivity index (χ2v) is 44.1. The molecular formula is C64H116O10SSi3. The van der Waals surface area contributed by atoms with Crippen molar-refractivity contribution >= 4 is 34.8 Å². The maximum absolute atomic E-state index is 15.1. The predicted molar refractivity (Wildman–Crippen MR) is 334 cm³/mol. The monoisotopic (exact) mass is 1160 g/mol. The molecule has 1 aliphatic carbocycles. The highest BCUT2D eigenvalue weighted by atomic mass is 32.2. The summed E-state index contributed by atoms with van der Waals surface area (Å²) >= 11 is 0. The normalized spacial score (nSPS) is 21.1. The Morgan fingerprint density at radius 3 is 1.82 bits per heavy atom. The van der Waals surface area contributed by atoms with Gasteiger partial charge in [-0.15, -0.1) is 0 Å². The van der Waals surface area contributed by atoms with E-state index in [9.17, 15) is 5.11 Å². The molecule has 0 aromatic heterocycles. The van der Waals surface area contributed by atoms with Crippen molar-refractivity contribution in [3.05, 3.63) is 71.8 Å². The van der Waals surface area contributed by atoms with E-state index in [0.717, 1.165) is 61.1 Å². The minimum Gasteiger partial charge on any atom is -0.497 e. The third kappa shape index (κ3) is 18.4. The number of hydrogen-bond acceptors (Lipinski definition) is 10. The number of rotatable bonds is 34. The Bertz CT molecular complexity index is 2140. The van der Waals surface area contributed by atoms with E-state index in [-0.39, 0.29) is 46.3 Å². The lowest BCUT2D eigenvalue weighted by molar-refractivity contribution is -0.122. The summed E-state index contributed by atoms with van der Waals surface area (Å²) < 4.78 is 77.7. The molecule has 1 unspecified atom stereocenters. The van der Waals surface area contributed by atoms with E-state index in [1.54, 1.807) is 38.5 Å². The van der Waals surface area contributed by atoms with E-state index in [0.29, 0.717) is 41.3 Å². The molecule has 78 heavy (non-hydrogen) atoms. The van der Waals surface area contributed by atoms with Crippen LogP contribution < -0.4 is 4.74 Å². The van der Waals surface area contributed by atoms with Crippen LogP contribution in [0, 0.1) is 29.6 Å². The van der Waals surface area contributed by atoms with Crippen LogP contribution in [0.3, 0.4) is 0 Å². The van der Waals surface area contributed by atoms with E-state index >= 15 is 8.42 Å². The number of aliphatic hydroxyl groups excluding tert-OH is 1. The van der Waals surface area contributed by atoms with Crippen LogP contribution in [0.5, 0.6) is 5.75 Å². The van der Waals surface area contributed by atoms with Gasteiger partial charge in [0.2, 0.25) is 8.32 Å². The Labute approximate surface area is 481 Å². The summed E-state index contributed by atoms with van der Waals surface area (Å²) in [6.45, 7) is 46.3. The second-order valence-electron chi connectivity index (χ2n) is 26.8. The highest BCUT2D eigenvalue weighted by molar-refractivity contribution is 7.92. The van der Waals surface area contributed by atoms with Gasteiger partial charge in [0, 0.05) is 20.8 Å². The summed E-state index contributed by atoms with van der Waals surface area (Å²) in [4.78, 5) is 0.260. The SMILES string of the molecule is CC[Si](CC)(O[C@H](/C(C)=C/[C@@H](C)C(C[C@H](O)[C@H](C)C[C@@H]1CC[C@@H](O[Si](C(C)C)(C(C)C)C(C)C)[C@H](OC)C1)S(=O)(=O)c1ccccc1)[C@@H](OC)[C@H](OCc1ccc(OC)cc1)[C@H](C)C[C@H](C)CO[Si](C)(C)C(C)(C)C)C(C)C. The van der Waals surface area contributed by atoms with Crippen molar-refractivity contribution in [3.8, 4) is 5.75 Å². The number of benzene rings is 2. The van der Waals surface area contributed by atoms with E-state index in [1.807, 2.05) is 44.4 Å². The lowest BCUT2D eigenvalue weighted by Crippen LogP contribution is -2.53. The first-order valence-electron chi connectivity index (χ1n) is 30.3. The third-order valence-electron chi connectivity index (χ3n) is 19.0. The molecule has 1 saturated carbocycles. The highest BCUT2D eigenvalue weighted by Crippen LogP contribution is 2.46. The Kier molecular flexibility index (Phi) is 28.3. The Morgan fingerprint density at radius 1 is 0.756 bits per heavy atom. The summed E-state index contributed by atoms with van der Waals surface area (Å²) in [7, 11) is -5.23. The third-order valence-corrected chi connectivity index (χ3v) is 37.2. The Morgan fingerprint density at radius 2 is 1.33 bits per heavy atom. The van der Waals surface area contributed by atoms with Gasteiger partial charge in [-0.3, -0.25) is 0 Å². The van der Waals surface area contributed by atoms with Crippen LogP contribution in [-0.4, -0.2) is 108 Å². The van der Waals surface area contributed by atoms with Crippen LogP contribution in [0.2, 0.25) is 52.4 Å². The number of aliphatic hydroxyl groups is 1. The van der Waals surface area contributed by atoms with Gasteiger partial charge < -0.3 is 37.3 Å². The molecule has 0 spiro atoms. The van der Waals surface area contributed by atoms with Gasteiger partial charge in [0.15, 0.2) is 26.5 Å². The summed E-state index contributed by atoms with van der Waals surface area (Å²) in [5, 5.41) is 11.5. The molecule has 2 aromatic rings. The molecule has 14 heteroatoms. The van der Waals surface area contributed by atoms with Gasteiger partial charge >= 0.3 is 0 Å². The van der Waals surface area contributed by atoms with Crippen molar-refractivity contribution in [1.82, 2.24) is 0 Å². The summed E-state index contributed by atoms with van der Waals surface area (Å²) in [6.07, 6.45) is 4.25. The van der Waals surface area contributed by atoms with Crippen LogP contribution in [0.1, 0.15) is 169 Å². The molecule has 0 amide bonds. The van der Waals surface area contributed by atoms with Crippen LogP contribution in [-0.2, 0) is 43.9 Å². The van der Waals surface area contributed by atoms with Gasteiger partial charge in [-0.05, 0) is 163 Å². The van der Waals surface area contributed by atoms with Gasteiger partial charge in [0.05, 0.1) is 54.4 Å². The van der Waals surface area contributed by atoms with Gasteiger partial charge in [-0.2, -0.15) is 0 Å². The molecule has 1 fully saturated rings. The predicted octanol–water partition coefficient (Wildman–Crippen LogP) is 16.6. The van der Waals surface area contributed by atoms with Crippen molar-refractivity contribution < 1.29 is 45.7 Å². The second kappa shape index (κ2) is 31.3. The average molecular weight is 1160 g/mol. The van der Waals surface area contributed by atoms with Crippen molar-refractivity contribution in [3.63, 3.8) is 0 Å². The van der Waals surface area contributed by atoms with Crippen molar-refractivity contribution in [1.29, 1.82) is 0 Å². The number of methoxy groups -OCH3 is 3. The van der Waals surface area contributed by atoms with E-state index < -0.39 is 70.4 Å². The van der Waals surface area contributed by atoms with Crippen LogP contribution in [0.4, 0.5) is 0 Å². The molecule has 3 rings (SSSR count). The molecule has 10 nitrogen and oxygen atoms in total. The zero-order chi connectivity index (χ0) is 59.1. The fourth-order valence-corrected chi connectivity index (χ4v) is 25.3. The average Bonchev–Trinajstić information content (AvgIpc) is 3.38. The first-order valence-corrected chi connectivity index (χ1v) is 39.3. The van der Waals surface area contributed by atoms with Crippen LogP contribution in [0.25, 0.3) is 0 Å². The molecule has 0 radical (unpaired) electrons. The van der Waals surface area contributed by atoms with Crippen molar-refractivity contribution in [2.45, 2.75) is 269 Å². The zero-order valence-corrected chi connectivity index (χ0v) is 57.4. The molecule has 12 atom stereocenters. The topological polar surface area (TPSA) is 119 Å². The Hall–Kier alpha value is -1.70. The van der Waals surface area contributed by atoms with Crippen LogP contribution in [0.15, 0.2) is 71.1 Å². The molecule has 450 valence electrons. The molecular weight excluding hydrogens is 1050 g/mol. The standard InChI is InChI=1S/C64H116O10SSi3/c1-24-77(25-2,44(3)4)74-62(63(70-21)61(71-43-53-31-34-55(68-19)35-32-53)51(14)37-48(11)42-72-76(22,23)64(16,17)18)52(15)38-50(13)60(75(66,67)56-29-27-26-28-30-56)41-57(65)49(12)39-54-33-36-58(59(40-54)69-20)73-78(45(5)6,46(7)8)47(9)10/h26-32,34-35,38,44-51,54,57-63,65H,24-25,33,36-37,39-43H2,1-23H3/b52-38+/t48-,49+,50+,51+,54-,57-,58+,59+,60?,61+,62+,63-/m0/s1. The first kappa shape index (κ1) is 70.6. The first-order chi connectivity index (χ1) is 36.3. The molecule has 2 aromatic carbocycles. The fourth-order valence-electron chi connectivity index (χ4n) is 13.0. The van der Waals surface area contributed by atoms with Crippen molar-refractivity contribution in [2.24, 2.45) is 29.6 Å². The largest absolute Gasteiger partial charge is 0.497 e. The molecule has 0 aliphatic heterocycles. The minimum absolute atomic E-state index is 0.0280. The minimum atomic E-state index is -3.93. The summed E-state index contributed by atoms with van der Waals surface area (Å²) in [5.41, 5.74) is 3.68. The fraction of sp³-hybridized carbons (Fsp3) is 0.781. The van der Waals surface area contributed by atoms with E-state index in [2.05, 4.69) is 137 Å². The number of allylic oxidation sites excluding steroid dienone is 1. The smallest absolute Gasteiger partial charge is 0.200 e. The molecule has 0 heterocycles. The van der Waals surface area contributed by atoms with Crippen molar-refractivity contribution in [2.75, 3.05) is 27.9 Å². The molecule has 0 saturated heterocycles. The van der Waals surface area contributed by atoms with E-state index in [4.69, 9.17) is 32.2 Å². The van der Waals surface area contributed by atoms with Gasteiger partial charge in [0.1, 0.15) is 11.9 Å².